The van der Waals surface area contributed by atoms with Gasteiger partial charge in [-0.3, -0.25) is 4.79 Å². The predicted octanol–water partition coefficient (Wildman–Crippen LogP) is 1.67. The van der Waals surface area contributed by atoms with Gasteiger partial charge in [0, 0.05) is 5.69 Å². The number of carbonyl (C=O) groups is 1. The monoisotopic (exact) mass is 215 g/mol. The molecule has 0 aromatic heterocycles. The van der Waals surface area contributed by atoms with E-state index < -0.39 is 11.9 Å². The number of nitrogens with zero attached hydrogens (tertiary/aromatic N) is 1. The summed E-state index contributed by atoms with van der Waals surface area (Å²) in [6.07, 6.45) is 3.48. The molecular formula is C12H13N3O. The van der Waals surface area contributed by atoms with E-state index in [2.05, 4.69) is 11.4 Å². The van der Waals surface area contributed by atoms with Gasteiger partial charge < -0.3 is 11.1 Å². The first-order chi connectivity index (χ1) is 7.69. The van der Waals surface area contributed by atoms with Crippen molar-refractivity contribution in [3.05, 3.63) is 42.0 Å². The van der Waals surface area contributed by atoms with Gasteiger partial charge in [0.05, 0.1) is 11.6 Å². The van der Waals surface area contributed by atoms with Gasteiger partial charge in [0.25, 0.3) is 5.91 Å². The molecule has 0 radical (unpaired) electrons. The van der Waals surface area contributed by atoms with E-state index in [1.54, 1.807) is 36.4 Å². The molecule has 16 heavy (non-hydrogen) atoms. The Morgan fingerprint density at radius 2 is 2.25 bits per heavy atom. The summed E-state index contributed by atoms with van der Waals surface area (Å²) in [5, 5.41) is 11.8. The minimum absolute atomic E-state index is 0.382. The number of benzene rings is 1. The van der Waals surface area contributed by atoms with Gasteiger partial charge in [-0.15, -0.1) is 0 Å². The van der Waals surface area contributed by atoms with Crippen LogP contribution in [0.15, 0.2) is 36.4 Å². The van der Waals surface area contributed by atoms with Crippen LogP contribution in [0.3, 0.4) is 0 Å². The zero-order valence-corrected chi connectivity index (χ0v) is 8.97. The molecule has 1 amide bonds. The summed E-state index contributed by atoms with van der Waals surface area (Å²) in [4.78, 5) is 11.1. The number of nitrogens with two attached hydrogens (primary N) is 1. The molecule has 0 fully saturated rings. The Hall–Kier alpha value is -2.28. The standard InChI is InChI=1S/C12H13N3O/c1-2-5-9(8-13)15-11-7-4-3-6-10(11)12(14)16/h2-7,9,15H,1H3,(H2,14,16). The van der Waals surface area contributed by atoms with Gasteiger partial charge in [-0.05, 0) is 19.1 Å². The summed E-state index contributed by atoms with van der Waals surface area (Å²) in [6, 6.07) is 8.44. The molecule has 0 spiro atoms. The second kappa shape index (κ2) is 5.56. The Bertz CT molecular complexity index is 446. The van der Waals surface area contributed by atoms with Crippen LogP contribution in [0.4, 0.5) is 5.69 Å². The third-order valence-corrected chi connectivity index (χ3v) is 2.03. The van der Waals surface area contributed by atoms with Crippen molar-refractivity contribution in [1.29, 1.82) is 5.26 Å². The lowest BCUT2D eigenvalue weighted by Gasteiger charge is -2.11. The number of nitrogens with one attached hydrogen (secondary N) is 1. The molecule has 0 bridgehead atoms. The zero-order valence-electron chi connectivity index (χ0n) is 8.97. The van der Waals surface area contributed by atoms with Gasteiger partial charge in [-0.25, -0.2) is 0 Å². The topological polar surface area (TPSA) is 78.9 Å². The number of hydrogen-bond acceptors (Lipinski definition) is 3. The molecule has 1 aromatic carbocycles. The summed E-state index contributed by atoms with van der Waals surface area (Å²) in [5.41, 5.74) is 6.18. The first-order valence-electron chi connectivity index (χ1n) is 4.87. The number of hydrogen-bond donors (Lipinski definition) is 2. The normalized spacial score (nSPS) is 12.0. The highest BCUT2D eigenvalue weighted by atomic mass is 16.1. The highest BCUT2D eigenvalue weighted by molar-refractivity contribution is 5.98. The lowest BCUT2D eigenvalue weighted by molar-refractivity contribution is 0.100. The van der Waals surface area contributed by atoms with Crippen molar-refractivity contribution in [2.24, 2.45) is 5.73 Å². The molecule has 1 rings (SSSR count). The highest BCUT2D eigenvalue weighted by Crippen LogP contribution is 2.15. The Kier molecular flexibility index (Phi) is 4.10. The fourth-order valence-corrected chi connectivity index (χ4v) is 1.31. The number of rotatable bonds is 4. The summed E-state index contributed by atoms with van der Waals surface area (Å²) >= 11 is 0. The molecule has 3 N–H and O–H groups in total. The van der Waals surface area contributed by atoms with Crippen molar-refractivity contribution < 1.29 is 4.79 Å². The van der Waals surface area contributed by atoms with E-state index in [0.29, 0.717) is 11.3 Å². The van der Waals surface area contributed by atoms with Crippen LogP contribution in [0.1, 0.15) is 17.3 Å². The number of para-hydroxylation sites is 1. The second-order valence-corrected chi connectivity index (χ2v) is 3.19. The lowest BCUT2D eigenvalue weighted by Crippen LogP contribution is -2.19. The maximum absolute atomic E-state index is 11.1. The molecule has 0 heterocycles. The van der Waals surface area contributed by atoms with Crippen molar-refractivity contribution >= 4 is 11.6 Å². The van der Waals surface area contributed by atoms with Gasteiger partial charge in [0.2, 0.25) is 0 Å². The number of primary amides is 1. The number of nitriles is 1. The number of anilines is 1. The first kappa shape index (κ1) is 11.8. The van der Waals surface area contributed by atoms with Gasteiger partial charge in [0.15, 0.2) is 0 Å². The largest absolute Gasteiger partial charge is 0.366 e. The van der Waals surface area contributed by atoms with Crippen LogP contribution in [0, 0.1) is 11.3 Å². The average molecular weight is 215 g/mol. The second-order valence-electron chi connectivity index (χ2n) is 3.19. The summed E-state index contributed by atoms with van der Waals surface area (Å²) in [5.74, 6) is -0.514. The average Bonchev–Trinajstić information content (AvgIpc) is 2.29. The molecule has 4 heteroatoms. The van der Waals surface area contributed by atoms with Crippen LogP contribution in [-0.2, 0) is 0 Å². The minimum atomic E-state index is -0.514. The van der Waals surface area contributed by atoms with Crippen molar-refractivity contribution in [2.75, 3.05) is 5.32 Å². The predicted molar refractivity (Wildman–Crippen MR) is 62.8 cm³/mol. The maximum atomic E-state index is 11.1. The molecule has 0 saturated heterocycles. The SMILES string of the molecule is CC=CC(C#N)Nc1ccccc1C(N)=O. The van der Waals surface area contributed by atoms with Gasteiger partial charge >= 0.3 is 0 Å². The minimum Gasteiger partial charge on any atom is -0.366 e. The van der Waals surface area contributed by atoms with Gasteiger partial charge in [-0.1, -0.05) is 24.3 Å². The molecule has 82 valence electrons. The molecule has 1 atom stereocenters. The fraction of sp³-hybridized carbons (Fsp3) is 0.167. The van der Waals surface area contributed by atoms with E-state index in [4.69, 9.17) is 11.0 Å². The van der Waals surface area contributed by atoms with E-state index >= 15 is 0 Å². The first-order valence-corrected chi connectivity index (χ1v) is 4.87. The van der Waals surface area contributed by atoms with Crippen LogP contribution in [0.5, 0.6) is 0 Å². The van der Waals surface area contributed by atoms with Crippen molar-refractivity contribution in [1.82, 2.24) is 0 Å². The third-order valence-electron chi connectivity index (χ3n) is 2.03. The van der Waals surface area contributed by atoms with Crippen LogP contribution in [0.2, 0.25) is 0 Å². The Balaban J connectivity index is 2.97. The van der Waals surface area contributed by atoms with Crippen LogP contribution in [0.25, 0.3) is 0 Å². The van der Waals surface area contributed by atoms with Crippen LogP contribution < -0.4 is 11.1 Å². The smallest absolute Gasteiger partial charge is 0.250 e. The van der Waals surface area contributed by atoms with E-state index in [-0.39, 0.29) is 0 Å². The molecule has 0 saturated carbocycles. The van der Waals surface area contributed by atoms with E-state index in [1.807, 2.05) is 6.92 Å². The van der Waals surface area contributed by atoms with Crippen molar-refractivity contribution in [2.45, 2.75) is 13.0 Å². The van der Waals surface area contributed by atoms with Crippen molar-refractivity contribution in [3.8, 4) is 6.07 Å². The number of allylic oxidation sites excluding steroid dienone is 1. The maximum Gasteiger partial charge on any atom is 0.250 e. The van der Waals surface area contributed by atoms with E-state index in [0.717, 1.165) is 0 Å². The third kappa shape index (κ3) is 2.85. The molecule has 0 aliphatic carbocycles. The molecule has 0 aliphatic heterocycles. The molecule has 1 unspecified atom stereocenters. The fourth-order valence-electron chi connectivity index (χ4n) is 1.31. The molecular weight excluding hydrogens is 202 g/mol. The Morgan fingerprint density at radius 1 is 1.56 bits per heavy atom. The van der Waals surface area contributed by atoms with Gasteiger partial charge in [-0.2, -0.15) is 5.26 Å². The van der Waals surface area contributed by atoms with Gasteiger partial charge in [0.1, 0.15) is 6.04 Å². The highest BCUT2D eigenvalue weighted by Gasteiger charge is 2.09. The summed E-state index contributed by atoms with van der Waals surface area (Å²) in [7, 11) is 0. The Labute approximate surface area is 94.4 Å². The van der Waals surface area contributed by atoms with Crippen LogP contribution >= 0.6 is 0 Å². The number of carbonyl (C=O) groups excluding carboxylic acids is 1. The zero-order chi connectivity index (χ0) is 12.0. The van der Waals surface area contributed by atoms with E-state index in [1.165, 1.54) is 0 Å². The molecule has 4 nitrogen and oxygen atoms in total. The van der Waals surface area contributed by atoms with Crippen LogP contribution in [-0.4, -0.2) is 11.9 Å². The summed E-state index contributed by atoms with van der Waals surface area (Å²) < 4.78 is 0. The quantitative estimate of drug-likeness (QED) is 0.750. The number of amides is 1. The Morgan fingerprint density at radius 3 is 2.81 bits per heavy atom. The van der Waals surface area contributed by atoms with Crippen molar-refractivity contribution in [3.63, 3.8) is 0 Å². The lowest BCUT2D eigenvalue weighted by atomic mass is 10.1. The molecule has 1 aromatic rings. The molecule has 0 aliphatic rings. The summed E-state index contributed by atoms with van der Waals surface area (Å²) in [6.45, 7) is 1.83. The van der Waals surface area contributed by atoms with E-state index in [9.17, 15) is 4.79 Å².